The van der Waals surface area contributed by atoms with E-state index in [0.29, 0.717) is 6.61 Å². The van der Waals surface area contributed by atoms with Crippen molar-refractivity contribution in [1.82, 2.24) is 0 Å². The standard InChI is InChI=1S/C9H16O6/c1-3-13-5-7-15-9(11)8(10)14-6-4-12-2/h3-7H2,1-2H3. The molecular formula is C9H16O6. The van der Waals surface area contributed by atoms with Crippen molar-refractivity contribution in [3.63, 3.8) is 0 Å². The molecule has 6 heteroatoms. The fourth-order valence-corrected chi connectivity index (χ4v) is 0.673. The van der Waals surface area contributed by atoms with E-state index in [2.05, 4.69) is 14.2 Å². The first-order chi connectivity index (χ1) is 7.22. The van der Waals surface area contributed by atoms with Crippen molar-refractivity contribution in [2.75, 3.05) is 40.1 Å². The Hall–Kier alpha value is -1.14. The summed E-state index contributed by atoms with van der Waals surface area (Å²) in [6, 6.07) is 0. The van der Waals surface area contributed by atoms with E-state index >= 15 is 0 Å². The zero-order valence-corrected chi connectivity index (χ0v) is 8.99. The molecule has 0 saturated heterocycles. The first kappa shape index (κ1) is 13.9. The minimum atomic E-state index is -1.01. The third kappa shape index (κ3) is 7.90. The molecule has 0 aliphatic rings. The SMILES string of the molecule is CCOCCOC(=O)C(=O)OCCOC. The van der Waals surface area contributed by atoms with Gasteiger partial charge in [0.1, 0.15) is 13.2 Å². The molecule has 0 bridgehead atoms. The van der Waals surface area contributed by atoms with Gasteiger partial charge in [-0.05, 0) is 6.92 Å². The summed E-state index contributed by atoms with van der Waals surface area (Å²) >= 11 is 0. The molecule has 0 aromatic rings. The fourth-order valence-electron chi connectivity index (χ4n) is 0.673. The van der Waals surface area contributed by atoms with Crippen LogP contribution in [-0.2, 0) is 28.5 Å². The maximum Gasteiger partial charge on any atom is 0.417 e. The van der Waals surface area contributed by atoms with Crippen molar-refractivity contribution < 1.29 is 28.5 Å². The number of ether oxygens (including phenoxy) is 4. The lowest BCUT2D eigenvalue weighted by atomic mass is 10.6. The molecule has 0 spiro atoms. The lowest BCUT2D eigenvalue weighted by Crippen LogP contribution is -2.23. The van der Waals surface area contributed by atoms with E-state index in [0.717, 1.165) is 0 Å². The van der Waals surface area contributed by atoms with Crippen LogP contribution in [0.1, 0.15) is 6.92 Å². The molecule has 0 radical (unpaired) electrons. The van der Waals surface area contributed by atoms with Crippen LogP contribution in [0.4, 0.5) is 0 Å². The Labute approximate surface area is 88.4 Å². The molecular weight excluding hydrogens is 204 g/mol. The molecule has 0 heterocycles. The maximum atomic E-state index is 10.9. The smallest absolute Gasteiger partial charge is 0.417 e. The van der Waals surface area contributed by atoms with Crippen molar-refractivity contribution in [2.45, 2.75) is 6.92 Å². The minimum absolute atomic E-state index is 0.0376. The first-order valence-corrected chi connectivity index (χ1v) is 4.63. The zero-order valence-electron chi connectivity index (χ0n) is 8.99. The minimum Gasteiger partial charge on any atom is -0.455 e. The van der Waals surface area contributed by atoms with Crippen LogP contribution in [0.15, 0.2) is 0 Å². The van der Waals surface area contributed by atoms with Gasteiger partial charge in [-0.25, -0.2) is 9.59 Å². The summed E-state index contributed by atoms with van der Waals surface area (Å²) < 4.78 is 18.6. The Morgan fingerprint density at radius 1 is 0.933 bits per heavy atom. The van der Waals surface area contributed by atoms with Gasteiger partial charge in [-0.15, -0.1) is 0 Å². The van der Waals surface area contributed by atoms with E-state index in [1.54, 1.807) is 0 Å². The number of esters is 2. The summed E-state index contributed by atoms with van der Waals surface area (Å²) in [7, 11) is 1.47. The van der Waals surface area contributed by atoms with E-state index in [1.807, 2.05) is 6.92 Å². The van der Waals surface area contributed by atoms with E-state index in [1.165, 1.54) is 7.11 Å². The maximum absolute atomic E-state index is 10.9. The van der Waals surface area contributed by atoms with Crippen molar-refractivity contribution in [2.24, 2.45) is 0 Å². The number of rotatable bonds is 7. The van der Waals surface area contributed by atoms with Crippen LogP contribution >= 0.6 is 0 Å². The van der Waals surface area contributed by atoms with Crippen LogP contribution in [0, 0.1) is 0 Å². The quantitative estimate of drug-likeness (QED) is 0.335. The van der Waals surface area contributed by atoms with Gasteiger partial charge in [0.05, 0.1) is 13.2 Å². The molecule has 0 atom stereocenters. The summed E-state index contributed by atoms with van der Waals surface area (Å²) in [5.74, 6) is -2.02. The highest BCUT2D eigenvalue weighted by atomic mass is 16.6. The second-order valence-corrected chi connectivity index (χ2v) is 2.46. The van der Waals surface area contributed by atoms with Crippen molar-refractivity contribution >= 4 is 11.9 Å². The number of methoxy groups -OCH3 is 1. The molecule has 0 amide bonds. The average molecular weight is 220 g/mol. The molecule has 6 nitrogen and oxygen atoms in total. The van der Waals surface area contributed by atoms with Crippen LogP contribution in [0.5, 0.6) is 0 Å². The van der Waals surface area contributed by atoms with Crippen LogP contribution in [0.2, 0.25) is 0 Å². The van der Waals surface area contributed by atoms with Gasteiger partial charge >= 0.3 is 11.9 Å². The Balaban J connectivity index is 3.47. The lowest BCUT2D eigenvalue weighted by molar-refractivity contribution is -0.169. The van der Waals surface area contributed by atoms with Gasteiger partial charge in [0.15, 0.2) is 0 Å². The normalized spacial score (nSPS) is 9.73. The summed E-state index contributed by atoms with van der Waals surface area (Å²) in [4.78, 5) is 21.8. The monoisotopic (exact) mass is 220 g/mol. The first-order valence-electron chi connectivity index (χ1n) is 4.63. The number of hydrogen-bond acceptors (Lipinski definition) is 6. The van der Waals surface area contributed by atoms with Crippen LogP contribution < -0.4 is 0 Å². The van der Waals surface area contributed by atoms with E-state index in [9.17, 15) is 9.59 Å². The van der Waals surface area contributed by atoms with Gasteiger partial charge < -0.3 is 18.9 Å². The third-order valence-corrected chi connectivity index (χ3v) is 1.35. The predicted molar refractivity (Wildman–Crippen MR) is 50.3 cm³/mol. The van der Waals surface area contributed by atoms with E-state index in [4.69, 9.17) is 4.74 Å². The van der Waals surface area contributed by atoms with Crippen LogP contribution in [-0.4, -0.2) is 52.1 Å². The Morgan fingerprint density at radius 2 is 1.47 bits per heavy atom. The topological polar surface area (TPSA) is 71.1 Å². The third-order valence-electron chi connectivity index (χ3n) is 1.35. The molecule has 0 fully saturated rings. The fraction of sp³-hybridized carbons (Fsp3) is 0.778. The largest absolute Gasteiger partial charge is 0.455 e. The molecule has 0 rings (SSSR count). The van der Waals surface area contributed by atoms with E-state index < -0.39 is 11.9 Å². The second kappa shape index (κ2) is 9.42. The highest BCUT2D eigenvalue weighted by Gasteiger charge is 2.16. The van der Waals surface area contributed by atoms with Crippen LogP contribution in [0.3, 0.4) is 0 Å². The Morgan fingerprint density at radius 3 is 1.93 bits per heavy atom. The Bertz CT molecular complexity index is 191. The summed E-state index contributed by atoms with van der Waals surface area (Å²) in [6.45, 7) is 2.96. The molecule has 0 aromatic heterocycles. The predicted octanol–water partition coefficient (Wildman–Crippen LogP) is -0.244. The summed E-state index contributed by atoms with van der Waals surface area (Å²) in [5.41, 5.74) is 0. The van der Waals surface area contributed by atoms with Crippen molar-refractivity contribution in [3.8, 4) is 0 Å². The average Bonchev–Trinajstić information content (AvgIpc) is 2.24. The molecule has 15 heavy (non-hydrogen) atoms. The van der Waals surface area contributed by atoms with Crippen molar-refractivity contribution in [3.05, 3.63) is 0 Å². The van der Waals surface area contributed by atoms with E-state index in [-0.39, 0.29) is 26.4 Å². The summed E-state index contributed by atoms with van der Waals surface area (Å²) in [5, 5.41) is 0. The van der Waals surface area contributed by atoms with Crippen LogP contribution in [0.25, 0.3) is 0 Å². The zero-order chi connectivity index (χ0) is 11.5. The molecule has 88 valence electrons. The van der Waals surface area contributed by atoms with Gasteiger partial charge in [-0.2, -0.15) is 0 Å². The van der Waals surface area contributed by atoms with Gasteiger partial charge in [0.25, 0.3) is 0 Å². The molecule has 0 unspecified atom stereocenters. The number of carbonyl (C=O) groups excluding carboxylic acids is 2. The number of carbonyl (C=O) groups is 2. The van der Waals surface area contributed by atoms with Gasteiger partial charge in [0, 0.05) is 13.7 Å². The van der Waals surface area contributed by atoms with Gasteiger partial charge in [0.2, 0.25) is 0 Å². The molecule has 0 aromatic carbocycles. The molecule has 0 saturated carbocycles. The van der Waals surface area contributed by atoms with Gasteiger partial charge in [-0.3, -0.25) is 0 Å². The lowest BCUT2D eigenvalue weighted by Gasteiger charge is -2.04. The second-order valence-electron chi connectivity index (χ2n) is 2.46. The molecule has 0 aliphatic carbocycles. The Kier molecular flexibility index (Phi) is 8.70. The molecule has 0 aliphatic heterocycles. The number of hydrogen-bond donors (Lipinski definition) is 0. The van der Waals surface area contributed by atoms with Crippen molar-refractivity contribution in [1.29, 1.82) is 0 Å². The van der Waals surface area contributed by atoms with Gasteiger partial charge in [-0.1, -0.05) is 0 Å². The highest BCUT2D eigenvalue weighted by molar-refractivity contribution is 6.29. The highest BCUT2D eigenvalue weighted by Crippen LogP contribution is 1.86. The molecule has 0 N–H and O–H groups in total. The summed E-state index contributed by atoms with van der Waals surface area (Å²) in [6.07, 6.45) is 0.